The molecule has 2 N–H and O–H groups in total. The Morgan fingerprint density at radius 2 is 1.05 bits per heavy atom. The van der Waals surface area contributed by atoms with E-state index >= 15 is 0 Å². The Labute approximate surface area is 367 Å². The zero-order valence-corrected chi connectivity index (χ0v) is 36.6. The molecule has 2 fully saturated rings. The molecular weight excluding hydrogens is 841 g/mol. The van der Waals surface area contributed by atoms with Gasteiger partial charge in [0.05, 0.1) is 44.8 Å². The Morgan fingerprint density at radius 1 is 0.645 bits per heavy atom. The fourth-order valence-corrected chi connectivity index (χ4v) is 7.39. The van der Waals surface area contributed by atoms with Crippen molar-refractivity contribution in [3.8, 4) is 0 Å². The van der Waals surface area contributed by atoms with Crippen LogP contribution in [0, 0.1) is 11.6 Å². The summed E-state index contributed by atoms with van der Waals surface area (Å²) in [5, 5.41) is 7.48. The molecule has 6 aromatic rings. The van der Waals surface area contributed by atoms with Crippen molar-refractivity contribution in [3.05, 3.63) is 107 Å². The monoisotopic (exact) mass is 886 g/mol. The minimum Gasteiger partial charge on any atom is -0.444 e. The number of pyridine rings is 2. The van der Waals surface area contributed by atoms with Gasteiger partial charge in [0.1, 0.15) is 35.5 Å². The third-order valence-corrected chi connectivity index (χ3v) is 10.6. The molecule has 2 aliphatic rings. The maximum atomic E-state index is 14.3. The van der Waals surface area contributed by atoms with Gasteiger partial charge in [0.2, 0.25) is 0 Å². The molecule has 2 amide bonds. The second-order valence-electron chi connectivity index (χ2n) is 17.0. The van der Waals surface area contributed by atoms with Crippen LogP contribution < -0.4 is 10.6 Å². The fourth-order valence-electron chi connectivity index (χ4n) is 7.04. The van der Waals surface area contributed by atoms with Crippen molar-refractivity contribution in [1.82, 2.24) is 39.7 Å². The summed E-state index contributed by atoms with van der Waals surface area (Å²) < 4.78 is 39.6. The van der Waals surface area contributed by atoms with Gasteiger partial charge in [-0.1, -0.05) is 35.3 Å². The van der Waals surface area contributed by atoms with Gasteiger partial charge in [-0.2, -0.15) is 0 Å². The van der Waals surface area contributed by atoms with E-state index in [0.717, 1.165) is 24.2 Å². The number of likely N-dealkylation sites (tertiary alicyclic amines) is 2. The van der Waals surface area contributed by atoms with Crippen LogP contribution in [0.25, 0.3) is 21.8 Å². The van der Waals surface area contributed by atoms with E-state index in [1.807, 2.05) is 53.7 Å². The molecule has 8 rings (SSSR count). The maximum absolute atomic E-state index is 14.3. The number of benzene rings is 2. The Morgan fingerprint density at radius 3 is 1.44 bits per heavy atom. The number of nitrogens with zero attached hydrogens (tertiary/aromatic N) is 8. The smallest absolute Gasteiger partial charge is 0.410 e. The predicted octanol–water partition coefficient (Wildman–Crippen LogP) is 10.6. The fraction of sp³-hybridized carbons (Fsp3) is 0.364. The number of fused-ring (bicyclic) bond motifs is 2. The summed E-state index contributed by atoms with van der Waals surface area (Å²) in [5.41, 5.74) is 2.28. The summed E-state index contributed by atoms with van der Waals surface area (Å²) in [6.45, 7) is 13.3. The summed E-state index contributed by atoms with van der Waals surface area (Å²) in [5.74, 6) is -0.0580. The molecule has 2 aromatic carbocycles. The van der Waals surface area contributed by atoms with Crippen molar-refractivity contribution >= 4 is 80.2 Å². The molecule has 14 nitrogen and oxygen atoms in total. The van der Waals surface area contributed by atoms with Crippen LogP contribution in [0.1, 0.15) is 77.6 Å². The van der Waals surface area contributed by atoms with Crippen molar-refractivity contribution in [3.63, 3.8) is 0 Å². The number of nitrogens with one attached hydrogen (secondary N) is 2. The zero-order valence-electron chi connectivity index (χ0n) is 35.0. The highest BCUT2D eigenvalue weighted by molar-refractivity contribution is 6.31. The number of carbonyl (C=O) groups is 2. The topological polar surface area (TPSA) is 160 Å². The van der Waals surface area contributed by atoms with E-state index in [4.69, 9.17) is 32.7 Å². The number of halogens is 4. The standard InChI is InChI=1S/2C22H23ClFN5O2/c2*1-22(2,3)31-21(30)29-8-7-13(11-29)17-9-14-18(10-25-17)26-12-27-20(14)28-16-6-4-5-15(23)19(16)24/h2*4-6,9-10,12-13H,7-8,11H2,1-3H3,(H,26,27,28)/t13-;/m0./s1. The lowest BCUT2D eigenvalue weighted by Gasteiger charge is -2.24. The normalized spacial score (nSPS) is 16.5. The lowest BCUT2D eigenvalue weighted by Crippen LogP contribution is -2.35. The van der Waals surface area contributed by atoms with Crippen molar-refractivity contribution in [2.24, 2.45) is 0 Å². The van der Waals surface area contributed by atoms with E-state index in [1.165, 1.54) is 24.8 Å². The van der Waals surface area contributed by atoms with Crippen LogP contribution in [0.4, 0.5) is 41.4 Å². The summed E-state index contributed by atoms with van der Waals surface area (Å²) in [7, 11) is 0. The third-order valence-electron chi connectivity index (χ3n) is 10.0. The Balaban J connectivity index is 0.000000186. The third kappa shape index (κ3) is 10.5. The molecule has 0 bridgehead atoms. The molecule has 6 heterocycles. The van der Waals surface area contributed by atoms with E-state index in [9.17, 15) is 18.4 Å². The molecule has 2 atom stereocenters. The van der Waals surface area contributed by atoms with Crippen LogP contribution in [0.3, 0.4) is 0 Å². The number of amides is 2. The van der Waals surface area contributed by atoms with Gasteiger partial charge in [-0.05, 0) is 90.8 Å². The first kappa shape index (κ1) is 44.1. The van der Waals surface area contributed by atoms with Crippen molar-refractivity contribution < 1.29 is 27.8 Å². The molecule has 4 aromatic heterocycles. The van der Waals surface area contributed by atoms with Gasteiger partial charge in [-0.25, -0.2) is 38.3 Å². The van der Waals surface area contributed by atoms with Crippen molar-refractivity contribution in [1.29, 1.82) is 0 Å². The van der Waals surface area contributed by atoms with Crippen LogP contribution >= 0.6 is 23.2 Å². The predicted molar refractivity (Wildman–Crippen MR) is 234 cm³/mol. The molecule has 1 unspecified atom stereocenters. The number of ether oxygens (including phenoxy) is 2. The molecule has 0 radical (unpaired) electrons. The van der Waals surface area contributed by atoms with Crippen LogP contribution in [0.2, 0.25) is 10.0 Å². The number of hydrogen-bond acceptors (Lipinski definition) is 12. The summed E-state index contributed by atoms with van der Waals surface area (Å²) in [6, 6.07) is 13.3. The van der Waals surface area contributed by atoms with E-state index in [2.05, 4.69) is 40.5 Å². The van der Waals surface area contributed by atoms with Gasteiger partial charge in [-0.3, -0.25) is 9.97 Å². The second kappa shape index (κ2) is 18.2. The highest BCUT2D eigenvalue weighted by atomic mass is 35.5. The lowest BCUT2D eigenvalue weighted by molar-refractivity contribution is 0.0282. The average Bonchev–Trinajstić information content (AvgIpc) is 3.93. The second-order valence-corrected chi connectivity index (χ2v) is 17.8. The van der Waals surface area contributed by atoms with Crippen LogP contribution in [-0.2, 0) is 9.47 Å². The molecule has 0 aliphatic carbocycles. The van der Waals surface area contributed by atoms with E-state index < -0.39 is 22.8 Å². The minimum atomic E-state index is -0.547. The Kier molecular flexibility index (Phi) is 12.9. The first-order chi connectivity index (χ1) is 29.4. The van der Waals surface area contributed by atoms with Crippen LogP contribution in [-0.4, -0.2) is 89.3 Å². The van der Waals surface area contributed by atoms with E-state index in [0.29, 0.717) is 59.6 Å². The highest BCUT2D eigenvalue weighted by Crippen LogP contribution is 2.34. The number of anilines is 4. The summed E-state index contributed by atoms with van der Waals surface area (Å²) in [6.07, 6.45) is 7.04. The molecule has 62 heavy (non-hydrogen) atoms. The molecule has 324 valence electrons. The van der Waals surface area contributed by atoms with Gasteiger partial charge in [-0.15, -0.1) is 0 Å². The number of aromatic nitrogens is 6. The largest absolute Gasteiger partial charge is 0.444 e. The van der Waals surface area contributed by atoms with Gasteiger partial charge in [0.15, 0.2) is 11.6 Å². The van der Waals surface area contributed by atoms with Gasteiger partial charge >= 0.3 is 12.2 Å². The molecular formula is C44H46Cl2F2N10O4. The highest BCUT2D eigenvalue weighted by Gasteiger charge is 2.33. The maximum Gasteiger partial charge on any atom is 0.410 e. The zero-order chi connectivity index (χ0) is 44.3. The average molecular weight is 888 g/mol. The number of rotatable bonds is 6. The first-order valence-electron chi connectivity index (χ1n) is 20.0. The van der Waals surface area contributed by atoms with Crippen LogP contribution in [0.5, 0.6) is 0 Å². The summed E-state index contributed by atoms with van der Waals surface area (Å²) in [4.78, 5) is 54.3. The SMILES string of the molecule is CC(C)(C)OC(=O)N1CCC(c2cc3c(Nc4cccc(Cl)c4F)ncnc3cn2)C1.CC(C)(C)OC(=O)N1CC[C@H](c2cc3c(Nc4cccc(Cl)c4F)ncnc3cn2)C1. The van der Waals surface area contributed by atoms with E-state index in [1.54, 1.807) is 46.5 Å². The van der Waals surface area contributed by atoms with Crippen LogP contribution in [0.15, 0.2) is 73.6 Å². The summed E-state index contributed by atoms with van der Waals surface area (Å²) >= 11 is 11.8. The number of hydrogen-bond donors (Lipinski definition) is 2. The van der Waals surface area contributed by atoms with Crippen molar-refractivity contribution in [2.45, 2.75) is 77.4 Å². The van der Waals surface area contributed by atoms with Gasteiger partial charge in [0, 0.05) is 60.2 Å². The van der Waals surface area contributed by atoms with Gasteiger partial charge in [0.25, 0.3) is 0 Å². The molecule has 2 saturated heterocycles. The van der Waals surface area contributed by atoms with E-state index in [-0.39, 0.29) is 45.4 Å². The Hall–Kier alpha value is -6.00. The minimum absolute atomic E-state index is 0.0268. The molecule has 18 heteroatoms. The lowest BCUT2D eigenvalue weighted by atomic mass is 10.0. The molecule has 2 aliphatic heterocycles. The molecule has 0 spiro atoms. The van der Waals surface area contributed by atoms with Gasteiger partial charge < -0.3 is 29.9 Å². The van der Waals surface area contributed by atoms with Crippen molar-refractivity contribution in [2.75, 3.05) is 36.8 Å². The molecule has 0 saturated carbocycles. The first-order valence-corrected chi connectivity index (χ1v) is 20.8. The Bertz CT molecular complexity index is 2450. The number of carbonyl (C=O) groups excluding carboxylic acids is 2. The quantitative estimate of drug-likeness (QED) is 0.163.